The largest absolute Gasteiger partial charge is 0.478 e. The maximum absolute atomic E-state index is 11.2. The molecule has 0 aliphatic heterocycles. The molecule has 0 fully saturated rings. The molecule has 6 nitrogen and oxygen atoms in total. The maximum atomic E-state index is 11.2. The number of hydrogen-bond acceptors (Lipinski definition) is 5. The Balaban J connectivity index is 0.000000463. The number of carbonyl (C=O) groups excluding carboxylic acids is 2. The number of halogens is 6. The fraction of sp³-hybridized carbons (Fsp3) is 0.250. The SMILES string of the molecule is CS(=O)(=O)c1cccc(C(=O)O)c1.O=C(C(=O)C(F)(F)F)C(F)(F)F. The van der Waals surface area contributed by atoms with E-state index in [4.69, 9.17) is 5.11 Å². The minimum Gasteiger partial charge on any atom is -0.478 e. The standard InChI is InChI=1S/C8H8O4S.C4F6O2/c1-13(11,12)7-4-2-3-6(5-7)8(9)10;5-3(6,7)1(11)2(12)4(8,9)10/h2-5H,1H3,(H,9,10);. The quantitative estimate of drug-likeness (QED) is 0.621. The van der Waals surface area contributed by atoms with Gasteiger partial charge >= 0.3 is 29.9 Å². The van der Waals surface area contributed by atoms with Gasteiger partial charge in [0, 0.05) is 6.26 Å². The Labute approximate surface area is 136 Å². The van der Waals surface area contributed by atoms with E-state index < -0.39 is 39.7 Å². The van der Waals surface area contributed by atoms with Crippen molar-refractivity contribution in [2.75, 3.05) is 6.26 Å². The molecule has 25 heavy (non-hydrogen) atoms. The van der Waals surface area contributed by atoms with Gasteiger partial charge < -0.3 is 5.11 Å². The van der Waals surface area contributed by atoms with Crippen molar-refractivity contribution in [3.63, 3.8) is 0 Å². The second kappa shape index (κ2) is 7.63. The normalized spacial score (nSPS) is 12.0. The highest BCUT2D eigenvalue weighted by Crippen LogP contribution is 2.24. The van der Waals surface area contributed by atoms with Crippen LogP contribution in [0.4, 0.5) is 26.3 Å². The van der Waals surface area contributed by atoms with Crippen LogP contribution in [-0.4, -0.2) is 49.7 Å². The zero-order valence-corrected chi connectivity index (χ0v) is 12.8. The fourth-order valence-corrected chi connectivity index (χ4v) is 1.78. The van der Waals surface area contributed by atoms with E-state index in [0.29, 0.717) is 0 Å². The molecule has 1 rings (SSSR count). The van der Waals surface area contributed by atoms with Crippen LogP contribution in [0, 0.1) is 0 Å². The first-order chi connectivity index (χ1) is 11.0. The van der Waals surface area contributed by atoms with Crippen molar-refractivity contribution in [3.05, 3.63) is 29.8 Å². The molecule has 1 aromatic carbocycles. The number of ketones is 2. The van der Waals surface area contributed by atoms with Gasteiger partial charge in [-0.15, -0.1) is 0 Å². The van der Waals surface area contributed by atoms with Crippen LogP contribution in [0.15, 0.2) is 29.2 Å². The van der Waals surface area contributed by atoms with Crippen molar-refractivity contribution < 1.29 is 54.3 Å². The molecule has 0 radical (unpaired) electrons. The van der Waals surface area contributed by atoms with E-state index in [1.807, 2.05) is 0 Å². The van der Waals surface area contributed by atoms with Gasteiger partial charge in [0.15, 0.2) is 9.84 Å². The Morgan fingerprint density at radius 1 is 0.920 bits per heavy atom. The van der Waals surface area contributed by atoms with Crippen LogP contribution in [0.5, 0.6) is 0 Å². The molecule has 1 aromatic rings. The summed E-state index contributed by atoms with van der Waals surface area (Å²) in [5, 5.41) is 8.58. The molecular formula is C12H8F6O6S. The molecule has 0 spiro atoms. The minimum atomic E-state index is -5.77. The van der Waals surface area contributed by atoms with Crippen molar-refractivity contribution >= 4 is 27.4 Å². The van der Waals surface area contributed by atoms with Gasteiger partial charge in [0.05, 0.1) is 10.5 Å². The van der Waals surface area contributed by atoms with Gasteiger partial charge in [0.2, 0.25) is 0 Å². The number of carboxylic acids is 1. The fourth-order valence-electron chi connectivity index (χ4n) is 1.12. The lowest BCUT2D eigenvalue weighted by atomic mass is 10.2. The molecule has 0 aliphatic rings. The Morgan fingerprint density at radius 2 is 1.32 bits per heavy atom. The van der Waals surface area contributed by atoms with E-state index >= 15 is 0 Å². The van der Waals surface area contributed by atoms with Crippen molar-refractivity contribution in [1.29, 1.82) is 0 Å². The van der Waals surface area contributed by atoms with E-state index in [2.05, 4.69) is 0 Å². The predicted molar refractivity (Wildman–Crippen MR) is 68.6 cm³/mol. The molecule has 0 saturated heterocycles. The van der Waals surface area contributed by atoms with Gasteiger partial charge in [0.25, 0.3) is 0 Å². The van der Waals surface area contributed by atoms with Crippen molar-refractivity contribution in [2.24, 2.45) is 0 Å². The molecule has 0 heterocycles. The van der Waals surface area contributed by atoms with Gasteiger partial charge in [-0.05, 0) is 18.2 Å². The average Bonchev–Trinajstić information content (AvgIpc) is 2.43. The second-order valence-electron chi connectivity index (χ2n) is 4.26. The molecule has 0 bridgehead atoms. The third kappa shape index (κ3) is 7.32. The first-order valence-electron chi connectivity index (χ1n) is 5.74. The smallest absolute Gasteiger partial charge is 0.458 e. The zero-order chi connectivity index (χ0) is 20.2. The first kappa shape index (κ1) is 22.6. The van der Waals surface area contributed by atoms with Crippen molar-refractivity contribution in [2.45, 2.75) is 17.2 Å². The highest BCUT2D eigenvalue weighted by molar-refractivity contribution is 7.90. The second-order valence-corrected chi connectivity index (χ2v) is 6.27. The number of alkyl halides is 6. The van der Waals surface area contributed by atoms with Gasteiger partial charge in [-0.25, -0.2) is 13.2 Å². The predicted octanol–water partition coefficient (Wildman–Crippen LogP) is 2.04. The van der Waals surface area contributed by atoms with Crippen LogP contribution in [0.1, 0.15) is 10.4 Å². The van der Waals surface area contributed by atoms with E-state index in [-0.39, 0.29) is 10.5 Å². The van der Waals surface area contributed by atoms with Crippen LogP contribution >= 0.6 is 0 Å². The number of Topliss-reactive ketones (excluding diaryl/α,β-unsaturated/α-hetero) is 2. The molecule has 0 aromatic heterocycles. The summed E-state index contributed by atoms with van der Waals surface area (Å²) in [7, 11) is -3.32. The van der Waals surface area contributed by atoms with Gasteiger partial charge in [-0.1, -0.05) is 6.07 Å². The Kier molecular flexibility index (Phi) is 6.89. The number of hydrogen-bond donors (Lipinski definition) is 1. The number of rotatable bonds is 3. The van der Waals surface area contributed by atoms with Crippen molar-refractivity contribution in [1.82, 2.24) is 0 Å². The molecule has 13 heteroatoms. The summed E-state index contributed by atoms with van der Waals surface area (Å²) in [6.07, 6.45) is -10.5. The third-order valence-electron chi connectivity index (χ3n) is 2.23. The van der Waals surface area contributed by atoms with Crippen LogP contribution in [0.3, 0.4) is 0 Å². The van der Waals surface area contributed by atoms with E-state index in [9.17, 15) is 49.1 Å². The first-order valence-corrected chi connectivity index (χ1v) is 7.63. The number of aromatic carboxylic acids is 1. The van der Waals surface area contributed by atoms with Gasteiger partial charge in [0.1, 0.15) is 0 Å². The number of carbonyl (C=O) groups is 3. The lowest BCUT2D eigenvalue weighted by Crippen LogP contribution is -2.39. The number of sulfone groups is 1. The summed E-state index contributed by atoms with van der Waals surface area (Å²) >= 11 is 0. The lowest BCUT2D eigenvalue weighted by molar-refractivity contribution is -0.193. The van der Waals surface area contributed by atoms with Gasteiger partial charge in [-0.2, -0.15) is 26.3 Å². The highest BCUT2D eigenvalue weighted by atomic mass is 32.2. The van der Waals surface area contributed by atoms with Crippen LogP contribution < -0.4 is 0 Å². The summed E-state index contributed by atoms with van der Waals surface area (Å²) < 4.78 is 89.0. The molecule has 0 unspecified atom stereocenters. The Hall–Kier alpha value is -2.44. The van der Waals surface area contributed by atoms with Crippen molar-refractivity contribution in [3.8, 4) is 0 Å². The molecular weight excluding hydrogens is 386 g/mol. The average molecular weight is 394 g/mol. The molecule has 0 amide bonds. The van der Waals surface area contributed by atoms with Crippen LogP contribution in [0.2, 0.25) is 0 Å². The van der Waals surface area contributed by atoms with E-state index in [1.54, 1.807) is 0 Å². The molecule has 1 N–H and O–H groups in total. The summed E-state index contributed by atoms with van der Waals surface area (Å²) in [6.45, 7) is 0. The topological polar surface area (TPSA) is 106 Å². The minimum absolute atomic E-state index is 0.0207. The lowest BCUT2D eigenvalue weighted by Gasteiger charge is -2.05. The summed E-state index contributed by atoms with van der Waals surface area (Å²) in [5.74, 6) is -7.95. The molecule has 0 atom stereocenters. The van der Waals surface area contributed by atoms with E-state index in [1.165, 1.54) is 18.2 Å². The van der Waals surface area contributed by atoms with E-state index in [0.717, 1.165) is 12.3 Å². The van der Waals surface area contributed by atoms with Crippen LogP contribution in [-0.2, 0) is 19.4 Å². The third-order valence-corrected chi connectivity index (χ3v) is 3.34. The summed E-state index contributed by atoms with van der Waals surface area (Å²) in [5.41, 5.74) is -0.0251. The number of benzene rings is 1. The highest BCUT2D eigenvalue weighted by Gasteiger charge is 2.54. The Morgan fingerprint density at radius 3 is 1.60 bits per heavy atom. The van der Waals surface area contributed by atoms with Gasteiger partial charge in [-0.3, -0.25) is 9.59 Å². The summed E-state index contributed by atoms with van der Waals surface area (Å²) in [6, 6.07) is 5.25. The zero-order valence-electron chi connectivity index (χ0n) is 12.0. The maximum Gasteiger partial charge on any atom is 0.458 e. The number of carboxylic acid groups (broad SMARTS) is 1. The van der Waals surface area contributed by atoms with Crippen LogP contribution in [0.25, 0.3) is 0 Å². The molecule has 140 valence electrons. The summed E-state index contributed by atoms with van der Waals surface area (Å²) in [4.78, 5) is 29.7. The molecule has 0 aliphatic carbocycles. The Bertz CT molecular complexity index is 754. The monoisotopic (exact) mass is 394 g/mol. The molecule has 0 saturated carbocycles.